The molecule has 278 valence electrons. The van der Waals surface area contributed by atoms with Gasteiger partial charge in [-0.05, 0) is 65.1 Å². The molecule has 2 atom stereocenters. The molecule has 0 unspecified atom stereocenters. The summed E-state index contributed by atoms with van der Waals surface area (Å²) in [4.78, 5) is 28.2. The Morgan fingerprint density at radius 2 is 1.33 bits per heavy atom. The minimum absolute atomic E-state index is 0.0504. The van der Waals surface area contributed by atoms with Gasteiger partial charge in [-0.2, -0.15) is 0 Å². The van der Waals surface area contributed by atoms with Crippen LogP contribution in [0.25, 0.3) is 0 Å². The number of hydrogen-bond acceptors (Lipinski definition) is 14. The van der Waals surface area contributed by atoms with E-state index < -0.39 is 29.1 Å². The zero-order valence-corrected chi connectivity index (χ0v) is 30.4. The number of carbonyl (C=O) groups excluding carboxylic acids is 1. The number of rotatable bonds is 14. The zero-order valence-electron chi connectivity index (χ0n) is 30.4. The fourth-order valence-corrected chi connectivity index (χ4v) is 6.61. The summed E-state index contributed by atoms with van der Waals surface area (Å²) in [6, 6.07) is 11.3. The molecule has 0 saturated carbocycles. The Kier molecular flexibility index (Phi) is 11.6. The second-order valence-corrected chi connectivity index (χ2v) is 11.9. The number of benzene rings is 3. The maximum absolute atomic E-state index is 13.4. The van der Waals surface area contributed by atoms with Crippen molar-refractivity contribution >= 4 is 5.97 Å². The van der Waals surface area contributed by atoms with Crippen LogP contribution in [0.2, 0.25) is 0 Å². The molecule has 14 nitrogen and oxygen atoms in total. The first-order valence-electron chi connectivity index (χ1n) is 16.2. The van der Waals surface area contributed by atoms with E-state index in [0.29, 0.717) is 47.3 Å². The molecule has 2 heterocycles. The van der Waals surface area contributed by atoms with Crippen LogP contribution >= 0.6 is 0 Å². The fraction of sp³-hybridized carbons (Fsp3) is 0.368. The number of hydrogen-bond donors (Lipinski definition) is 2. The number of methoxy groups -OCH3 is 8. The van der Waals surface area contributed by atoms with Gasteiger partial charge in [-0.25, -0.2) is 0 Å². The minimum Gasteiger partial charge on any atom is -0.502 e. The standard InChI is InChI=1S/C38H43NO13/c1-44-27-11-20-9-10-39(34(24(20)17-28(27)45-2)22-14-31(48-5)38(51-8)32(15-22)49-6)19-23-16-26(40)35(42)37(52-23)25(18-33(41)50-7)21-12-29(46-3)36(43)30(13-21)47-4/h11-17,25,34,42-43H,9-10,18-19H2,1-8H3/t25-,34+/m1/s1. The summed E-state index contributed by atoms with van der Waals surface area (Å²) >= 11 is 0. The van der Waals surface area contributed by atoms with Gasteiger partial charge in [-0.3, -0.25) is 14.5 Å². The summed E-state index contributed by atoms with van der Waals surface area (Å²) in [5, 5.41) is 21.7. The van der Waals surface area contributed by atoms with Crippen LogP contribution in [-0.2, 0) is 22.5 Å². The summed E-state index contributed by atoms with van der Waals surface area (Å²) in [6.07, 6.45) is 0.296. The molecule has 2 N–H and O–H groups in total. The first kappa shape index (κ1) is 37.5. The van der Waals surface area contributed by atoms with Crippen molar-refractivity contribution in [1.82, 2.24) is 4.90 Å². The molecule has 14 heteroatoms. The largest absolute Gasteiger partial charge is 0.502 e. The zero-order chi connectivity index (χ0) is 37.7. The van der Waals surface area contributed by atoms with Crippen LogP contribution in [0.1, 0.15) is 52.2 Å². The molecule has 5 rings (SSSR count). The summed E-state index contributed by atoms with van der Waals surface area (Å²) in [7, 11) is 11.7. The normalized spacial score (nSPS) is 14.5. The molecular weight excluding hydrogens is 678 g/mol. The summed E-state index contributed by atoms with van der Waals surface area (Å²) in [5.41, 5.74) is 2.36. The molecule has 0 bridgehead atoms. The highest BCUT2D eigenvalue weighted by atomic mass is 16.5. The predicted molar refractivity (Wildman–Crippen MR) is 188 cm³/mol. The second-order valence-electron chi connectivity index (χ2n) is 11.9. The lowest BCUT2D eigenvalue weighted by molar-refractivity contribution is -0.140. The number of phenolic OH excluding ortho intramolecular Hbond substituents is 1. The van der Waals surface area contributed by atoms with Crippen molar-refractivity contribution in [1.29, 1.82) is 0 Å². The van der Waals surface area contributed by atoms with Gasteiger partial charge in [0.2, 0.25) is 22.7 Å². The maximum Gasteiger partial charge on any atom is 0.306 e. The Balaban J connectivity index is 1.67. The number of fused-ring (bicyclic) bond motifs is 1. The predicted octanol–water partition coefficient (Wildman–Crippen LogP) is 4.95. The Bertz CT molecular complexity index is 1940. The Morgan fingerprint density at radius 1 is 0.750 bits per heavy atom. The highest BCUT2D eigenvalue weighted by Crippen LogP contribution is 2.47. The van der Waals surface area contributed by atoms with Crippen molar-refractivity contribution in [3.63, 3.8) is 0 Å². The number of carbonyl (C=O) groups is 1. The van der Waals surface area contributed by atoms with Crippen molar-refractivity contribution in [3.8, 4) is 51.7 Å². The quantitative estimate of drug-likeness (QED) is 0.168. The van der Waals surface area contributed by atoms with Gasteiger partial charge in [0.1, 0.15) is 5.76 Å². The van der Waals surface area contributed by atoms with Crippen LogP contribution < -0.4 is 38.6 Å². The first-order chi connectivity index (χ1) is 25.0. The Morgan fingerprint density at radius 3 is 1.87 bits per heavy atom. The van der Waals surface area contributed by atoms with Gasteiger partial charge in [0, 0.05) is 12.6 Å². The Hall–Kier alpha value is -5.76. The molecule has 3 aromatic carbocycles. The summed E-state index contributed by atoms with van der Waals surface area (Å²) in [5.74, 6) is -0.00902. The van der Waals surface area contributed by atoms with E-state index in [2.05, 4.69) is 4.90 Å². The average Bonchev–Trinajstić information content (AvgIpc) is 3.16. The molecule has 0 amide bonds. The topological polar surface area (TPSA) is 165 Å². The molecule has 0 spiro atoms. The third kappa shape index (κ3) is 7.19. The molecule has 4 aromatic rings. The number of aromatic hydroxyl groups is 2. The number of nitrogens with zero attached hydrogens (tertiary/aromatic N) is 1. The Labute approximate surface area is 300 Å². The van der Waals surface area contributed by atoms with E-state index in [4.69, 9.17) is 42.3 Å². The van der Waals surface area contributed by atoms with Crippen molar-refractivity contribution in [3.05, 3.63) is 86.5 Å². The molecule has 0 aliphatic carbocycles. The number of phenols is 1. The molecule has 52 heavy (non-hydrogen) atoms. The number of esters is 1. The van der Waals surface area contributed by atoms with E-state index in [0.717, 1.165) is 16.7 Å². The smallest absolute Gasteiger partial charge is 0.306 e. The first-order valence-corrected chi connectivity index (χ1v) is 16.2. The van der Waals surface area contributed by atoms with Crippen molar-refractivity contribution < 1.29 is 57.3 Å². The molecule has 0 saturated heterocycles. The molecule has 1 aromatic heterocycles. The van der Waals surface area contributed by atoms with Crippen molar-refractivity contribution in [2.45, 2.75) is 31.3 Å². The van der Waals surface area contributed by atoms with Gasteiger partial charge in [0.05, 0.1) is 81.8 Å². The molecule has 1 aliphatic heterocycles. The lowest BCUT2D eigenvalue weighted by atomic mass is 9.87. The van der Waals surface area contributed by atoms with Gasteiger partial charge in [0.15, 0.2) is 40.3 Å². The molecular formula is C38H43NO13. The summed E-state index contributed by atoms with van der Waals surface area (Å²) < 4.78 is 50.3. The van der Waals surface area contributed by atoms with Gasteiger partial charge in [-0.1, -0.05) is 0 Å². The molecule has 0 radical (unpaired) electrons. The lowest BCUT2D eigenvalue weighted by Gasteiger charge is -2.38. The van der Waals surface area contributed by atoms with Crippen LogP contribution in [0.3, 0.4) is 0 Å². The van der Waals surface area contributed by atoms with E-state index >= 15 is 0 Å². The van der Waals surface area contributed by atoms with Gasteiger partial charge < -0.3 is 52.5 Å². The fourth-order valence-electron chi connectivity index (χ4n) is 6.61. The average molecular weight is 722 g/mol. The SMILES string of the molecule is COC(=O)C[C@H](c1cc(OC)c(O)c(OC)c1)c1oc(CN2CCc3cc(OC)c(OC)cc3[C@@H]2c2cc(OC)c(OC)c(OC)c2)cc(=O)c1O. The van der Waals surface area contributed by atoms with E-state index in [1.165, 1.54) is 60.9 Å². The van der Waals surface area contributed by atoms with Gasteiger partial charge in [-0.15, -0.1) is 0 Å². The third-order valence-corrected chi connectivity index (χ3v) is 9.15. The van der Waals surface area contributed by atoms with Crippen LogP contribution in [0.15, 0.2) is 51.7 Å². The number of ether oxygens (including phenoxy) is 8. The summed E-state index contributed by atoms with van der Waals surface area (Å²) in [6.45, 7) is 0.618. The van der Waals surface area contributed by atoms with Crippen molar-refractivity contribution in [2.75, 3.05) is 63.4 Å². The van der Waals surface area contributed by atoms with Gasteiger partial charge in [0.25, 0.3) is 0 Å². The van der Waals surface area contributed by atoms with Crippen LogP contribution in [0.5, 0.6) is 51.7 Å². The highest BCUT2D eigenvalue weighted by Gasteiger charge is 2.34. The second kappa shape index (κ2) is 16.1. The van der Waals surface area contributed by atoms with Crippen LogP contribution in [0, 0.1) is 0 Å². The van der Waals surface area contributed by atoms with E-state index in [-0.39, 0.29) is 41.7 Å². The maximum atomic E-state index is 13.4. The minimum atomic E-state index is -1.03. The lowest BCUT2D eigenvalue weighted by Crippen LogP contribution is -2.36. The molecule has 1 aliphatic rings. The van der Waals surface area contributed by atoms with Crippen molar-refractivity contribution in [2.24, 2.45) is 0 Å². The van der Waals surface area contributed by atoms with Gasteiger partial charge >= 0.3 is 5.97 Å². The van der Waals surface area contributed by atoms with Crippen LogP contribution in [0.4, 0.5) is 0 Å². The van der Waals surface area contributed by atoms with Crippen LogP contribution in [-0.4, -0.2) is 84.5 Å². The third-order valence-electron chi connectivity index (χ3n) is 9.15. The highest BCUT2D eigenvalue weighted by molar-refractivity contribution is 5.71. The molecule has 0 fully saturated rings. The van der Waals surface area contributed by atoms with E-state index in [9.17, 15) is 19.8 Å². The monoisotopic (exact) mass is 721 g/mol. The van der Waals surface area contributed by atoms with E-state index in [1.54, 1.807) is 14.2 Å². The van der Waals surface area contributed by atoms with E-state index in [1.807, 2.05) is 24.3 Å².